The third-order valence-electron chi connectivity index (χ3n) is 6.90. The molecule has 1 aliphatic carbocycles. The Morgan fingerprint density at radius 3 is 2.60 bits per heavy atom. The van der Waals surface area contributed by atoms with Crippen LogP contribution in [0.25, 0.3) is 5.57 Å². The average Bonchev–Trinajstić information content (AvgIpc) is 3.72. The van der Waals surface area contributed by atoms with Crippen molar-refractivity contribution < 1.29 is 27.7 Å². The topological polar surface area (TPSA) is 40.2 Å². The molecule has 3 atom stereocenters. The number of ether oxygens (including phenoxy) is 4. The van der Waals surface area contributed by atoms with Crippen LogP contribution in [0, 0.1) is 23.5 Å². The molecule has 2 heterocycles. The molecule has 3 aliphatic rings. The number of rotatable bonds is 12. The van der Waals surface area contributed by atoms with Gasteiger partial charge in [0.25, 0.3) is 0 Å². The van der Waals surface area contributed by atoms with Crippen LogP contribution < -0.4 is 0 Å². The first-order valence-corrected chi connectivity index (χ1v) is 14.1. The smallest absolute Gasteiger partial charge is 0.166 e. The zero-order valence-corrected chi connectivity index (χ0v) is 21.7. The van der Waals surface area contributed by atoms with Crippen LogP contribution >= 0.6 is 11.8 Å². The molecule has 4 rings (SSSR count). The van der Waals surface area contributed by atoms with E-state index in [1.54, 1.807) is 12.1 Å². The van der Waals surface area contributed by atoms with Gasteiger partial charge in [0.2, 0.25) is 0 Å². The number of thioether (sulfide) groups is 1. The number of epoxide rings is 1. The molecule has 1 aromatic carbocycles. The quantitative estimate of drug-likeness (QED) is 0.232. The van der Waals surface area contributed by atoms with Crippen molar-refractivity contribution >= 4 is 17.3 Å². The normalized spacial score (nSPS) is 27.7. The Morgan fingerprint density at radius 2 is 1.94 bits per heavy atom. The first kappa shape index (κ1) is 26.8. The molecule has 2 fully saturated rings. The van der Waals surface area contributed by atoms with Gasteiger partial charge in [-0.15, -0.1) is 0 Å². The summed E-state index contributed by atoms with van der Waals surface area (Å²) in [5.41, 5.74) is 1.55. The second kappa shape index (κ2) is 13.3. The van der Waals surface area contributed by atoms with Gasteiger partial charge in [0.15, 0.2) is 17.9 Å². The summed E-state index contributed by atoms with van der Waals surface area (Å²) in [6.45, 7) is 6.75. The largest absolute Gasteiger partial charge is 0.373 e. The Hall–Kier alpha value is -1.25. The first-order valence-electron chi connectivity index (χ1n) is 12.9. The molecular formula is C28H38F2O4S. The average molecular weight is 509 g/mol. The Morgan fingerprint density at radius 1 is 1.14 bits per heavy atom. The van der Waals surface area contributed by atoms with Gasteiger partial charge in [0, 0.05) is 34.5 Å². The van der Waals surface area contributed by atoms with Crippen LogP contribution in [0.5, 0.6) is 0 Å². The summed E-state index contributed by atoms with van der Waals surface area (Å²) in [5, 5.41) is 0. The van der Waals surface area contributed by atoms with E-state index in [1.807, 2.05) is 30.8 Å². The standard InChI is InChI=1S/C28H38F2O4S/c1-3-5-13-31-22(6-4-2)18-35-17-19-14-33-28(34-15-19)21-9-7-20(8-10-21)23-11-12-24(25-16-32-25)27(30)26(23)29/h3,5,7,11-12,19,21-22,25,28H,4,6,8-10,13-18H2,1-2H3/b5-3+. The van der Waals surface area contributed by atoms with Crippen LogP contribution in [0.15, 0.2) is 30.4 Å². The van der Waals surface area contributed by atoms with Crippen molar-refractivity contribution in [2.75, 3.05) is 37.9 Å². The summed E-state index contributed by atoms with van der Waals surface area (Å²) in [6.07, 6.45) is 10.4. The van der Waals surface area contributed by atoms with Crippen LogP contribution in [0.4, 0.5) is 8.78 Å². The van der Waals surface area contributed by atoms with Gasteiger partial charge >= 0.3 is 0 Å². The lowest BCUT2D eigenvalue weighted by molar-refractivity contribution is -0.221. The number of allylic oxidation sites excluding steroid dienone is 3. The lowest BCUT2D eigenvalue weighted by Gasteiger charge is -2.35. The minimum Gasteiger partial charge on any atom is -0.373 e. The monoisotopic (exact) mass is 508 g/mol. The third kappa shape index (κ3) is 7.39. The second-order valence-electron chi connectivity index (χ2n) is 9.67. The minimum absolute atomic E-state index is 0.220. The molecule has 3 unspecified atom stereocenters. The molecule has 35 heavy (non-hydrogen) atoms. The van der Waals surface area contributed by atoms with Crippen molar-refractivity contribution in [2.45, 2.75) is 64.4 Å². The summed E-state index contributed by atoms with van der Waals surface area (Å²) in [7, 11) is 0. The molecule has 2 aliphatic heterocycles. The van der Waals surface area contributed by atoms with Crippen molar-refractivity contribution in [2.24, 2.45) is 11.8 Å². The van der Waals surface area contributed by atoms with E-state index in [4.69, 9.17) is 18.9 Å². The van der Waals surface area contributed by atoms with E-state index in [0.29, 0.717) is 56.0 Å². The van der Waals surface area contributed by atoms with E-state index >= 15 is 0 Å². The van der Waals surface area contributed by atoms with Crippen molar-refractivity contribution in [3.05, 3.63) is 53.1 Å². The molecular weight excluding hydrogens is 470 g/mol. The highest BCUT2D eigenvalue weighted by Gasteiger charge is 2.33. The maximum atomic E-state index is 14.7. The second-order valence-corrected chi connectivity index (χ2v) is 10.7. The summed E-state index contributed by atoms with van der Waals surface area (Å²) < 4.78 is 52.3. The molecule has 0 bridgehead atoms. The predicted molar refractivity (Wildman–Crippen MR) is 136 cm³/mol. The molecule has 4 nitrogen and oxygen atoms in total. The Kier molecular flexibility index (Phi) is 10.2. The lowest BCUT2D eigenvalue weighted by atomic mass is 9.85. The van der Waals surface area contributed by atoms with Crippen LogP contribution in [0.1, 0.15) is 63.2 Å². The summed E-state index contributed by atoms with van der Waals surface area (Å²) >= 11 is 1.92. The van der Waals surface area contributed by atoms with Crippen molar-refractivity contribution in [1.82, 2.24) is 0 Å². The van der Waals surface area contributed by atoms with E-state index < -0.39 is 11.6 Å². The number of halogens is 2. The third-order valence-corrected chi connectivity index (χ3v) is 8.21. The van der Waals surface area contributed by atoms with E-state index in [1.165, 1.54) is 0 Å². The van der Waals surface area contributed by atoms with Gasteiger partial charge in [-0.2, -0.15) is 11.8 Å². The highest BCUT2D eigenvalue weighted by Crippen LogP contribution is 2.38. The number of benzene rings is 1. The number of hydrogen-bond donors (Lipinski definition) is 0. The molecule has 0 spiro atoms. The zero-order chi connectivity index (χ0) is 24.6. The van der Waals surface area contributed by atoms with Crippen LogP contribution in [-0.2, 0) is 18.9 Å². The van der Waals surface area contributed by atoms with Gasteiger partial charge in [0.05, 0.1) is 32.5 Å². The fourth-order valence-corrected chi connectivity index (χ4v) is 5.94. The van der Waals surface area contributed by atoms with Gasteiger partial charge in [-0.05, 0) is 38.2 Å². The molecule has 0 amide bonds. The van der Waals surface area contributed by atoms with Crippen molar-refractivity contribution in [1.29, 1.82) is 0 Å². The maximum absolute atomic E-state index is 14.7. The molecule has 2 saturated heterocycles. The van der Waals surface area contributed by atoms with Gasteiger partial charge in [-0.1, -0.05) is 43.7 Å². The van der Waals surface area contributed by atoms with Gasteiger partial charge in [0.1, 0.15) is 6.10 Å². The molecule has 0 aromatic heterocycles. The Labute approximate surface area is 212 Å². The highest BCUT2D eigenvalue weighted by atomic mass is 32.2. The molecule has 0 N–H and O–H groups in total. The first-order chi connectivity index (χ1) is 17.1. The van der Waals surface area contributed by atoms with Gasteiger partial charge < -0.3 is 18.9 Å². The SMILES string of the molecule is C/C=C/COC(CCC)CSCC1COC(C2CC=C(c3ccc(C4CO4)c(F)c3F)CC2)OC1. The van der Waals surface area contributed by atoms with Crippen LogP contribution in [-0.4, -0.2) is 50.3 Å². The van der Waals surface area contributed by atoms with Gasteiger partial charge in [-0.3, -0.25) is 0 Å². The Balaban J connectivity index is 1.20. The van der Waals surface area contributed by atoms with Crippen molar-refractivity contribution in [3.63, 3.8) is 0 Å². The fraction of sp³-hybridized carbons (Fsp3) is 0.643. The molecule has 194 valence electrons. The minimum atomic E-state index is -0.777. The van der Waals surface area contributed by atoms with Crippen LogP contribution in [0.3, 0.4) is 0 Å². The summed E-state index contributed by atoms with van der Waals surface area (Å²) in [5.74, 6) is 1.08. The predicted octanol–water partition coefficient (Wildman–Crippen LogP) is 6.70. The summed E-state index contributed by atoms with van der Waals surface area (Å²) in [6, 6.07) is 3.34. The molecule has 7 heteroatoms. The Bertz CT molecular complexity index is 878. The van der Waals surface area contributed by atoms with E-state index in [0.717, 1.165) is 42.8 Å². The lowest BCUT2D eigenvalue weighted by Crippen LogP contribution is -2.38. The molecule has 0 radical (unpaired) electrons. The van der Waals surface area contributed by atoms with E-state index in [9.17, 15) is 8.78 Å². The van der Waals surface area contributed by atoms with Crippen LogP contribution in [0.2, 0.25) is 0 Å². The number of hydrogen-bond acceptors (Lipinski definition) is 5. The summed E-state index contributed by atoms with van der Waals surface area (Å²) in [4.78, 5) is 0. The molecule has 0 saturated carbocycles. The van der Waals surface area contributed by atoms with Gasteiger partial charge in [-0.25, -0.2) is 8.78 Å². The fourth-order valence-electron chi connectivity index (χ4n) is 4.75. The van der Waals surface area contributed by atoms with Crippen molar-refractivity contribution in [3.8, 4) is 0 Å². The zero-order valence-electron chi connectivity index (χ0n) is 20.8. The van der Waals surface area contributed by atoms with E-state index in [2.05, 4.69) is 13.0 Å². The maximum Gasteiger partial charge on any atom is 0.166 e. The highest BCUT2D eigenvalue weighted by molar-refractivity contribution is 7.99. The van der Waals surface area contributed by atoms with E-state index in [-0.39, 0.29) is 18.3 Å². The molecule has 1 aromatic rings.